The maximum atomic E-state index is 12.5. The van der Waals surface area contributed by atoms with Gasteiger partial charge in [-0.3, -0.25) is 4.79 Å². The highest BCUT2D eigenvalue weighted by molar-refractivity contribution is 7.12. The first-order valence-corrected chi connectivity index (χ1v) is 13.7. The topological polar surface area (TPSA) is 117 Å². The highest BCUT2D eigenvalue weighted by Crippen LogP contribution is 2.27. The van der Waals surface area contributed by atoms with Crippen LogP contribution in [0.2, 0.25) is 0 Å². The number of amides is 2. The third-order valence-corrected chi connectivity index (χ3v) is 7.22. The molecule has 202 valence electrons. The van der Waals surface area contributed by atoms with Crippen LogP contribution >= 0.6 is 22.7 Å². The number of nitrogens with zero attached hydrogens (tertiary/aromatic N) is 4. The SMILES string of the molecule is CN(C)c1cccc(-c2csc(C(=O)NCCNC(=O)OC(=O)c3nc(-c4cccc(N(C)C)c4)cs3)n2)c1. The second kappa shape index (κ2) is 12.5. The van der Waals surface area contributed by atoms with Crippen molar-refractivity contribution in [2.75, 3.05) is 51.1 Å². The Bertz CT molecular complexity index is 1480. The number of anilines is 2. The van der Waals surface area contributed by atoms with E-state index in [1.54, 1.807) is 5.38 Å². The molecule has 0 fully saturated rings. The van der Waals surface area contributed by atoms with Crippen molar-refractivity contribution >= 4 is 52.0 Å². The highest BCUT2D eigenvalue weighted by atomic mass is 32.1. The maximum absolute atomic E-state index is 12.5. The van der Waals surface area contributed by atoms with Gasteiger partial charge in [0.1, 0.15) is 0 Å². The molecule has 10 nitrogen and oxygen atoms in total. The second-order valence-corrected chi connectivity index (χ2v) is 10.5. The number of rotatable bonds is 9. The number of alkyl carbamates (subject to hydrolysis) is 1. The average Bonchev–Trinajstić information content (AvgIpc) is 3.62. The van der Waals surface area contributed by atoms with Crippen molar-refractivity contribution in [2.24, 2.45) is 0 Å². The molecule has 0 saturated heterocycles. The van der Waals surface area contributed by atoms with Gasteiger partial charge in [-0.05, 0) is 24.3 Å². The van der Waals surface area contributed by atoms with Gasteiger partial charge in [-0.15, -0.1) is 22.7 Å². The third kappa shape index (κ3) is 7.18. The Kier molecular flexibility index (Phi) is 8.89. The Hall–Kier alpha value is -4.29. The number of carbonyl (C=O) groups excluding carboxylic acids is 3. The van der Waals surface area contributed by atoms with Crippen molar-refractivity contribution < 1.29 is 19.1 Å². The molecule has 2 aromatic heterocycles. The van der Waals surface area contributed by atoms with E-state index in [-0.39, 0.29) is 24.0 Å². The summed E-state index contributed by atoms with van der Waals surface area (Å²) in [6.45, 7) is 0.207. The van der Waals surface area contributed by atoms with Crippen LogP contribution in [0.3, 0.4) is 0 Å². The first kappa shape index (κ1) is 27.7. The summed E-state index contributed by atoms with van der Waals surface area (Å²) in [6.07, 6.45) is -0.919. The minimum absolute atomic E-state index is 0.0689. The van der Waals surface area contributed by atoms with Crippen LogP contribution in [0.25, 0.3) is 22.5 Å². The number of hydrogen-bond donors (Lipinski definition) is 2. The fourth-order valence-electron chi connectivity index (χ4n) is 3.48. The Morgan fingerprint density at radius 2 is 1.28 bits per heavy atom. The normalized spacial score (nSPS) is 10.6. The van der Waals surface area contributed by atoms with E-state index in [4.69, 9.17) is 4.74 Å². The van der Waals surface area contributed by atoms with E-state index in [1.165, 1.54) is 11.3 Å². The second-order valence-electron chi connectivity index (χ2n) is 8.82. The van der Waals surface area contributed by atoms with E-state index < -0.39 is 12.1 Å². The monoisotopic (exact) mass is 564 g/mol. The molecule has 39 heavy (non-hydrogen) atoms. The highest BCUT2D eigenvalue weighted by Gasteiger charge is 2.18. The third-order valence-electron chi connectivity index (χ3n) is 5.56. The molecule has 4 rings (SSSR count). The van der Waals surface area contributed by atoms with E-state index in [0.717, 1.165) is 33.8 Å². The molecule has 2 aromatic carbocycles. The van der Waals surface area contributed by atoms with Crippen LogP contribution in [0.1, 0.15) is 19.6 Å². The number of hydrogen-bond acceptors (Lipinski definition) is 10. The lowest BCUT2D eigenvalue weighted by Crippen LogP contribution is -2.35. The molecule has 2 heterocycles. The number of aromatic nitrogens is 2. The zero-order valence-corrected chi connectivity index (χ0v) is 23.6. The summed E-state index contributed by atoms with van der Waals surface area (Å²) in [5.74, 6) is -1.19. The van der Waals surface area contributed by atoms with Gasteiger partial charge in [0.15, 0.2) is 5.01 Å². The summed E-state index contributed by atoms with van der Waals surface area (Å²) in [4.78, 5) is 49.6. The van der Waals surface area contributed by atoms with Gasteiger partial charge in [0.2, 0.25) is 5.01 Å². The molecule has 0 aliphatic heterocycles. The quantitative estimate of drug-likeness (QED) is 0.175. The Labute approximate surface area is 234 Å². The molecule has 0 aliphatic carbocycles. The number of benzene rings is 2. The molecule has 0 bridgehead atoms. The lowest BCUT2D eigenvalue weighted by Gasteiger charge is -2.12. The Morgan fingerprint density at radius 3 is 1.85 bits per heavy atom. The molecule has 4 aromatic rings. The summed E-state index contributed by atoms with van der Waals surface area (Å²) in [7, 11) is 7.80. The van der Waals surface area contributed by atoms with Crippen molar-refractivity contribution in [2.45, 2.75) is 0 Å². The smallest absolute Gasteiger partial charge is 0.378 e. The van der Waals surface area contributed by atoms with Gasteiger partial charge in [0.25, 0.3) is 5.91 Å². The number of ether oxygens (including phenoxy) is 1. The molecular weight excluding hydrogens is 536 g/mol. The Morgan fingerprint density at radius 1 is 0.769 bits per heavy atom. The van der Waals surface area contributed by atoms with Crippen molar-refractivity contribution in [3.63, 3.8) is 0 Å². The van der Waals surface area contributed by atoms with E-state index in [2.05, 4.69) is 20.6 Å². The summed E-state index contributed by atoms with van der Waals surface area (Å²) in [5, 5.41) is 9.10. The number of thiazole rings is 2. The fourth-order valence-corrected chi connectivity index (χ4v) is 4.92. The van der Waals surface area contributed by atoms with Crippen LogP contribution in [0.15, 0.2) is 59.3 Å². The van der Waals surface area contributed by atoms with Crippen LogP contribution in [0.5, 0.6) is 0 Å². The lowest BCUT2D eigenvalue weighted by molar-refractivity contribution is 0.0621. The molecule has 0 atom stereocenters. The van der Waals surface area contributed by atoms with Gasteiger partial charge < -0.3 is 25.2 Å². The molecule has 2 N–H and O–H groups in total. The van der Waals surface area contributed by atoms with Crippen LogP contribution in [0, 0.1) is 0 Å². The van der Waals surface area contributed by atoms with Crippen LogP contribution in [0.4, 0.5) is 16.2 Å². The largest absolute Gasteiger partial charge is 0.415 e. The van der Waals surface area contributed by atoms with E-state index in [9.17, 15) is 14.4 Å². The van der Waals surface area contributed by atoms with Gasteiger partial charge in [0.05, 0.1) is 11.4 Å². The van der Waals surface area contributed by atoms with Gasteiger partial charge in [-0.2, -0.15) is 0 Å². The van der Waals surface area contributed by atoms with Crippen LogP contribution in [-0.2, 0) is 4.74 Å². The fraction of sp³-hybridized carbons (Fsp3) is 0.222. The maximum Gasteiger partial charge on any atom is 0.415 e. The first-order chi connectivity index (χ1) is 18.7. The van der Waals surface area contributed by atoms with Crippen molar-refractivity contribution in [3.8, 4) is 22.5 Å². The minimum Gasteiger partial charge on any atom is -0.378 e. The standard InChI is InChI=1S/C27H28N6O4S2/c1-32(2)19-9-5-7-17(13-19)21-15-38-24(30-21)23(34)28-11-12-29-27(36)37-26(35)25-31-22(16-39-25)18-8-6-10-20(14-18)33(3)4/h5-10,13-16H,11-12H2,1-4H3,(H,28,34)(H,29,36). The van der Waals surface area contributed by atoms with E-state index in [0.29, 0.717) is 16.4 Å². The minimum atomic E-state index is -0.919. The van der Waals surface area contributed by atoms with Gasteiger partial charge in [0, 0.05) is 74.5 Å². The zero-order valence-electron chi connectivity index (χ0n) is 21.9. The average molecular weight is 565 g/mol. The van der Waals surface area contributed by atoms with Gasteiger partial charge >= 0.3 is 12.1 Å². The van der Waals surface area contributed by atoms with Crippen molar-refractivity contribution in [3.05, 3.63) is 69.3 Å². The summed E-state index contributed by atoms with van der Waals surface area (Å²) in [5.41, 5.74) is 5.14. The number of nitrogens with one attached hydrogen (secondary N) is 2. The van der Waals surface area contributed by atoms with E-state index in [1.807, 2.05) is 91.9 Å². The number of carbonyl (C=O) groups is 3. The van der Waals surface area contributed by atoms with Crippen molar-refractivity contribution in [1.82, 2.24) is 20.6 Å². The molecule has 0 saturated carbocycles. The Balaban J connectivity index is 1.23. The summed E-state index contributed by atoms with van der Waals surface area (Å²) < 4.78 is 4.84. The lowest BCUT2D eigenvalue weighted by atomic mass is 10.1. The molecule has 0 unspecified atom stereocenters. The van der Waals surface area contributed by atoms with Gasteiger partial charge in [-0.25, -0.2) is 19.6 Å². The predicted octanol–water partition coefficient (Wildman–Crippen LogP) is 4.36. The zero-order chi connectivity index (χ0) is 27.9. The molecule has 2 amide bonds. The molecule has 0 spiro atoms. The van der Waals surface area contributed by atoms with Crippen LogP contribution < -0.4 is 20.4 Å². The summed E-state index contributed by atoms with van der Waals surface area (Å²) >= 11 is 2.33. The molecular formula is C27H28N6O4S2. The molecule has 0 radical (unpaired) electrons. The summed E-state index contributed by atoms with van der Waals surface area (Å²) in [6, 6.07) is 15.6. The predicted molar refractivity (Wildman–Crippen MR) is 155 cm³/mol. The molecule has 0 aliphatic rings. The number of esters is 1. The van der Waals surface area contributed by atoms with E-state index >= 15 is 0 Å². The van der Waals surface area contributed by atoms with Gasteiger partial charge in [-0.1, -0.05) is 24.3 Å². The molecule has 12 heteroatoms. The van der Waals surface area contributed by atoms with Crippen LogP contribution in [-0.4, -0.2) is 69.2 Å². The first-order valence-electron chi connectivity index (χ1n) is 12.0. The van der Waals surface area contributed by atoms with Crippen molar-refractivity contribution in [1.29, 1.82) is 0 Å².